The summed E-state index contributed by atoms with van der Waals surface area (Å²) in [4.78, 5) is 2.34. The lowest BCUT2D eigenvalue weighted by atomic mass is 9.46. The molecule has 4 aliphatic carbocycles. The minimum Gasteiger partial charge on any atom is -0.394 e. The lowest BCUT2D eigenvalue weighted by Gasteiger charge is -2.59. The van der Waals surface area contributed by atoms with E-state index in [0.29, 0.717) is 36.3 Å². The fourth-order valence-electron chi connectivity index (χ4n) is 11.4. The fourth-order valence-corrected chi connectivity index (χ4v) is 11.4. The van der Waals surface area contributed by atoms with Crippen molar-refractivity contribution in [1.29, 1.82) is 0 Å². The number of likely N-dealkylation sites (tertiary alicyclic amines) is 1. The van der Waals surface area contributed by atoms with Crippen LogP contribution in [-0.4, -0.2) is 110 Å². The summed E-state index contributed by atoms with van der Waals surface area (Å²) >= 11 is 0. The van der Waals surface area contributed by atoms with Gasteiger partial charge in [0.25, 0.3) is 0 Å². The Morgan fingerprint density at radius 1 is 1.00 bits per heavy atom. The quantitative estimate of drug-likeness (QED) is 0.259. The predicted molar refractivity (Wildman–Crippen MR) is 161 cm³/mol. The summed E-state index contributed by atoms with van der Waals surface area (Å²) in [6, 6.07) is 0.377. The molecule has 9 nitrogen and oxygen atoms in total. The SMILES string of the molecule is C[C@@H]([C@H]1[C@@H](O)C[C@H]2[C@@H]3CC=C4C[C@@H](O[C@@H]5O[C@H](CO)[C@@H](O)[C@H](O)[C@H]5O)CC[C@]4(C)[C@H]3CC[C@]12C)[C@H]1CC[C@](C)(O)CN1C. The molecule has 3 saturated carbocycles. The molecular formula is C34H57NO8. The zero-order valence-corrected chi connectivity index (χ0v) is 26.8. The molecule has 0 radical (unpaired) electrons. The van der Waals surface area contributed by atoms with Crippen molar-refractivity contribution in [2.45, 2.75) is 140 Å². The van der Waals surface area contributed by atoms with Gasteiger partial charge in [-0.1, -0.05) is 32.4 Å². The number of β-amino-alcohol motifs (C(OH)–C–C–N with tert-alkyl or cyclic N) is 1. The maximum atomic E-state index is 11.7. The highest BCUT2D eigenvalue weighted by Crippen LogP contribution is 2.67. The van der Waals surface area contributed by atoms with Gasteiger partial charge in [0.05, 0.1) is 24.4 Å². The van der Waals surface area contributed by atoms with Gasteiger partial charge in [-0.05, 0) is 112 Å². The van der Waals surface area contributed by atoms with Crippen molar-refractivity contribution in [2.75, 3.05) is 20.2 Å². The van der Waals surface area contributed by atoms with E-state index in [0.717, 1.165) is 57.8 Å². The van der Waals surface area contributed by atoms with Crippen LogP contribution in [0, 0.1) is 40.4 Å². The third kappa shape index (κ3) is 5.36. The van der Waals surface area contributed by atoms with Gasteiger partial charge in [0.15, 0.2) is 6.29 Å². The zero-order valence-electron chi connectivity index (χ0n) is 26.8. The van der Waals surface area contributed by atoms with Crippen LogP contribution in [0.1, 0.15) is 85.5 Å². The Labute approximate surface area is 257 Å². The largest absolute Gasteiger partial charge is 0.394 e. The van der Waals surface area contributed by atoms with E-state index >= 15 is 0 Å². The number of hydrogen-bond donors (Lipinski definition) is 6. The van der Waals surface area contributed by atoms with Crippen molar-refractivity contribution in [2.24, 2.45) is 40.4 Å². The first-order valence-corrected chi connectivity index (χ1v) is 17.0. The van der Waals surface area contributed by atoms with Crippen LogP contribution in [0.5, 0.6) is 0 Å². The molecule has 0 aromatic rings. The maximum Gasteiger partial charge on any atom is 0.186 e. The topological polar surface area (TPSA) is 143 Å². The standard InChI is InChI=1S/C34H57NO8/c1-18(24-10-11-32(2,41)17-35(24)5)27-25(37)15-23-21-7-6-19-14-20(8-12-33(19,3)22(21)9-13-34(23,27)4)42-31-30(40)29(39)28(38)26(16-36)43-31/h6,18,20-31,36-41H,7-17H2,1-5H3/t18-,20+,21-,22+,23+,24-,25+,26-,27+,28-,29+,30-,31-,32+,33+,34+/m1/s1. The van der Waals surface area contributed by atoms with Gasteiger partial charge in [0.1, 0.15) is 24.4 Å². The molecule has 2 aliphatic heterocycles. The summed E-state index contributed by atoms with van der Waals surface area (Å²) in [5.74, 6) is 2.22. The normalized spacial score (nSPS) is 54.7. The second kappa shape index (κ2) is 11.6. The Hall–Kier alpha value is -0.620. The first-order chi connectivity index (χ1) is 20.2. The van der Waals surface area contributed by atoms with Crippen molar-refractivity contribution < 1.29 is 40.1 Å². The molecule has 0 aromatic carbocycles. The molecule has 2 heterocycles. The third-order valence-electron chi connectivity index (χ3n) is 13.7. The number of piperidine rings is 1. The van der Waals surface area contributed by atoms with Gasteiger partial charge < -0.3 is 45.0 Å². The molecule has 0 aromatic heterocycles. The molecule has 9 heteroatoms. The van der Waals surface area contributed by atoms with Crippen LogP contribution in [-0.2, 0) is 9.47 Å². The number of hydrogen-bond acceptors (Lipinski definition) is 9. The lowest BCUT2D eigenvalue weighted by Crippen LogP contribution is -2.60. The van der Waals surface area contributed by atoms with E-state index in [1.54, 1.807) is 0 Å². The molecular weight excluding hydrogens is 550 g/mol. The lowest BCUT2D eigenvalue weighted by molar-refractivity contribution is -0.313. The molecule has 0 spiro atoms. The highest BCUT2D eigenvalue weighted by molar-refractivity contribution is 5.26. The van der Waals surface area contributed by atoms with E-state index in [4.69, 9.17) is 9.47 Å². The van der Waals surface area contributed by atoms with Crippen LogP contribution in [0.2, 0.25) is 0 Å². The van der Waals surface area contributed by atoms with E-state index in [-0.39, 0.29) is 29.0 Å². The van der Waals surface area contributed by atoms with Crippen LogP contribution in [0.4, 0.5) is 0 Å². The molecule has 5 fully saturated rings. The van der Waals surface area contributed by atoms with Gasteiger partial charge in [-0.2, -0.15) is 0 Å². The number of ether oxygens (including phenoxy) is 2. The summed E-state index contributed by atoms with van der Waals surface area (Å²) in [5, 5.41) is 62.7. The average molecular weight is 608 g/mol. The van der Waals surface area contributed by atoms with Crippen LogP contribution in [0.15, 0.2) is 11.6 Å². The average Bonchev–Trinajstić information content (AvgIpc) is 3.22. The molecule has 2 saturated heterocycles. The van der Waals surface area contributed by atoms with Crippen LogP contribution >= 0.6 is 0 Å². The molecule has 43 heavy (non-hydrogen) atoms. The van der Waals surface area contributed by atoms with E-state index in [9.17, 15) is 30.6 Å². The third-order valence-corrected chi connectivity index (χ3v) is 13.7. The number of aliphatic hydroxyl groups excluding tert-OH is 5. The maximum absolute atomic E-state index is 11.7. The smallest absolute Gasteiger partial charge is 0.186 e. The second-order valence-electron chi connectivity index (χ2n) is 16.2. The molecule has 0 amide bonds. The van der Waals surface area contributed by atoms with E-state index < -0.39 is 42.9 Å². The van der Waals surface area contributed by atoms with Crippen molar-refractivity contribution in [3.63, 3.8) is 0 Å². The summed E-state index contributed by atoms with van der Waals surface area (Å²) in [7, 11) is 2.14. The summed E-state index contributed by atoms with van der Waals surface area (Å²) in [5.41, 5.74) is 0.956. The molecule has 0 bridgehead atoms. The minimum absolute atomic E-state index is 0.0727. The van der Waals surface area contributed by atoms with E-state index in [1.807, 2.05) is 6.92 Å². The van der Waals surface area contributed by atoms with Crippen molar-refractivity contribution in [1.82, 2.24) is 4.90 Å². The number of fused-ring (bicyclic) bond motifs is 5. The van der Waals surface area contributed by atoms with Gasteiger partial charge in [-0.15, -0.1) is 0 Å². The van der Waals surface area contributed by atoms with Gasteiger partial charge in [0.2, 0.25) is 0 Å². The van der Waals surface area contributed by atoms with Gasteiger partial charge in [-0.25, -0.2) is 0 Å². The monoisotopic (exact) mass is 607 g/mol. The first kappa shape index (κ1) is 32.3. The number of nitrogens with zero attached hydrogens (tertiary/aromatic N) is 1. The van der Waals surface area contributed by atoms with Crippen molar-refractivity contribution in [3.8, 4) is 0 Å². The molecule has 6 aliphatic rings. The Morgan fingerprint density at radius 3 is 2.44 bits per heavy atom. The number of rotatable bonds is 5. The van der Waals surface area contributed by atoms with Crippen molar-refractivity contribution >= 4 is 0 Å². The van der Waals surface area contributed by atoms with E-state index in [1.165, 1.54) is 5.57 Å². The highest BCUT2D eigenvalue weighted by atomic mass is 16.7. The number of likely N-dealkylation sites (N-methyl/N-ethyl adjacent to an activating group) is 1. The Bertz CT molecular complexity index is 1050. The van der Waals surface area contributed by atoms with Gasteiger partial charge in [-0.3, -0.25) is 0 Å². The zero-order chi connectivity index (χ0) is 31.1. The highest BCUT2D eigenvalue weighted by Gasteiger charge is 2.62. The minimum atomic E-state index is -1.43. The molecule has 16 atom stereocenters. The second-order valence-corrected chi connectivity index (χ2v) is 16.2. The summed E-state index contributed by atoms with van der Waals surface area (Å²) in [6.45, 7) is 9.41. The van der Waals surface area contributed by atoms with E-state index in [2.05, 4.69) is 38.8 Å². The molecule has 246 valence electrons. The van der Waals surface area contributed by atoms with Crippen LogP contribution in [0.3, 0.4) is 0 Å². The molecule has 6 rings (SSSR count). The Balaban J connectivity index is 1.15. The fraction of sp³-hybridized carbons (Fsp3) is 0.941. The summed E-state index contributed by atoms with van der Waals surface area (Å²) < 4.78 is 11.8. The van der Waals surface area contributed by atoms with Crippen LogP contribution < -0.4 is 0 Å². The van der Waals surface area contributed by atoms with Crippen LogP contribution in [0.25, 0.3) is 0 Å². The Morgan fingerprint density at radius 2 is 1.74 bits per heavy atom. The molecule has 0 unspecified atom stereocenters. The molecule has 6 N–H and O–H groups in total. The van der Waals surface area contributed by atoms with Crippen molar-refractivity contribution in [3.05, 3.63) is 11.6 Å². The first-order valence-electron chi connectivity index (χ1n) is 17.0. The summed E-state index contributed by atoms with van der Waals surface area (Å²) in [6.07, 6.45) is 4.23. The Kier molecular flexibility index (Phi) is 8.69. The van der Waals surface area contributed by atoms with Gasteiger partial charge >= 0.3 is 0 Å². The number of aliphatic hydroxyl groups is 6. The van der Waals surface area contributed by atoms with Gasteiger partial charge in [0, 0.05) is 12.6 Å². The number of allylic oxidation sites excluding steroid dienone is 1. The predicted octanol–water partition coefficient (Wildman–Crippen LogP) is 2.20.